The lowest BCUT2D eigenvalue weighted by Crippen LogP contribution is -2.00. The number of ether oxygens (including phenoxy) is 1. The molecule has 0 aliphatic carbocycles. The quantitative estimate of drug-likeness (QED) is 0.195. The van der Waals surface area contributed by atoms with Gasteiger partial charge in [-0.1, -0.05) is 133 Å². The third-order valence-corrected chi connectivity index (χ3v) is 9.64. The topological polar surface area (TPSA) is 35.0 Å². The lowest BCUT2D eigenvalue weighted by Gasteiger charge is -2.25. The number of benzene rings is 8. The lowest BCUT2D eigenvalue weighted by molar-refractivity contribution is 0.487. The third kappa shape index (κ3) is 4.51. The van der Waals surface area contributed by atoms with Crippen molar-refractivity contribution in [3.63, 3.8) is 0 Å². The fourth-order valence-corrected chi connectivity index (χ4v) is 7.36. The second-order valence-corrected chi connectivity index (χ2v) is 12.5. The maximum Gasteiger partial charge on any atom is 0.135 e. The Morgan fingerprint density at radius 3 is 1.88 bits per heavy atom. The van der Waals surface area contributed by atoms with Crippen LogP contribution in [0.25, 0.3) is 88.5 Å². The van der Waals surface area contributed by atoms with Crippen LogP contribution in [0.1, 0.15) is 0 Å². The van der Waals surface area contributed by atoms with Crippen molar-refractivity contribution in [2.24, 2.45) is 0 Å². The van der Waals surface area contributed by atoms with Crippen LogP contribution < -0.4 is 4.74 Å². The first-order chi connectivity index (χ1) is 24.3. The Balaban J connectivity index is 1.14. The molecule has 0 fully saturated rings. The van der Waals surface area contributed by atoms with Crippen LogP contribution in [0, 0.1) is 0 Å². The van der Waals surface area contributed by atoms with Crippen molar-refractivity contribution < 1.29 is 4.74 Å². The fraction of sp³-hybridized carbons (Fsp3) is 0. The predicted octanol–water partition coefficient (Wildman–Crippen LogP) is 12.4. The summed E-state index contributed by atoms with van der Waals surface area (Å²) in [5.74, 6) is 1.75. The molecule has 1 aliphatic heterocycles. The molecule has 9 aromatic rings. The Bertz CT molecular complexity index is 2750. The highest BCUT2D eigenvalue weighted by Crippen LogP contribution is 2.52. The van der Waals surface area contributed by atoms with Crippen molar-refractivity contribution in [1.29, 1.82) is 0 Å². The van der Waals surface area contributed by atoms with Crippen LogP contribution in [0.2, 0.25) is 0 Å². The summed E-state index contributed by atoms with van der Waals surface area (Å²) in [5.41, 5.74) is 12.5. The molecular formula is C46H28N2O. The second kappa shape index (κ2) is 11.0. The van der Waals surface area contributed by atoms with Gasteiger partial charge in [-0.2, -0.15) is 0 Å². The number of hydrogen-bond donors (Lipinski definition) is 0. The molecule has 0 saturated carbocycles. The van der Waals surface area contributed by atoms with Crippen LogP contribution >= 0.6 is 0 Å². The highest BCUT2D eigenvalue weighted by atomic mass is 16.5. The molecule has 3 nitrogen and oxygen atoms in total. The summed E-state index contributed by atoms with van der Waals surface area (Å²) in [6.07, 6.45) is 0. The van der Waals surface area contributed by atoms with E-state index in [-0.39, 0.29) is 0 Å². The zero-order chi connectivity index (χ0) is 32.3. The van der Waals surface area contributed by atoms with E-state index in [9.17, 15) is 0 Å². The molecule has 0 unspecified atom stereocenters. The Morgan fingerprint density at radius 1 is 0.367 bits per heavy atom. The smallest absolute Gasteiger partial charge is 0.135 e. The summed E-state index contributed by atoms with van der Waals surface area (Å²) < 4.78 is 6.67. The van der Waals surface area contributed by atoms with E-state index in [4.69, 9.17) is 14.7 Å². The number of hydrogen-bond acceptors (Lipinski definition) is 3. The van der Waals surface area contributed by atoms with Gasteiger partial charge in [0.15, 0.2) is 0 Å². The van der Waals surface area contributed by atoms with Crippen LogP contribution in [0.5, 0.6) is 11.5 Å². The van der Waals surface area contributed by atoms with E-state index in [0.29, 0.717) is 0 Å². The Kier molecular flexibility index (Phi) is 6.18. The molecule has 0 atom stereocenters. The van der Waals surface area contributed by atoms with Crippen LogP contribution in [-0.4, -0.2) is 9.97 Å². The molecule has 1 aliphatic rings. The predicted molar refractivity (Wildman–Crippen MR) is 202 cm³/mol. The number of para-hydroxylation sites is 2. The molecule has 1 aromatic heterocycles. The minimum atomic E-state index is 0.867. The summed E-state index contributed by atoms with van der Waals surface area (Å²) in [6, 6.07) is 59.6. The summed E-state index contributed by atoms with van der Waals surface area (Å²) in [6.45, 7) is 0. The van der Waals surface area contributed by atoms with Gasteiger partial charge in [-0.3, -0.25) is 0 Å². The average molecular weight is 625 g/mol. The van der Waals surface area contributed by atoms with Crippen LogP contribution in [0.15, 0.2) is 170 Å². The number of fused-ring (bicyclic) bond motifs is 4. The van der Waals surface area contributed by atoms with E-state index in [1.807, 2.05) is 42.5 Å². The SMILES string of the molecule is c1ccc(-c2nc3ccccc3nc2-c2cccc(-c3ccc4c5c(cccc35)-c3c(cccc3-c3ccc5ccccc5c3)O4)c2)cc1. The molecule has 0 N–H and O–H groups in total. The van der Waals surface area contributed by atoms with Crippen molar-refractivity contribution in [2.75, 3.05) is 0 Å². The maximum absolute atomic E-state index is 6.67. The minimum absolute atomic E-state index is 0.867. The molecule has 0 bridgehead atoms. The van der Waals surface area contributed by atoms with Gasteiger partial charge in [-0.15, -0.1) is 0 Å². The average Bonchev–Trinajstić information content (AvgIpc) is 3.17. The summed E-state index contributed by atoms with van der Waals surface area (Å²) in [7, 11) is 0. The van der Waals surface area contributed by atoms with Gasteiger partial charge >= 0.3 is 0 Å². The molecule has 2 heterocycles. The maximum atomic E-state index is 6.67. The van der Waals surface area contributed by atoms with Crippen LogP contribution in [0.4, 0.5) is 0 Å². The molecular weight excluding hydrogens is 597 g/mol. The van der Waals surface area contributed by atoms with Crippen molar-refractivity contribution in [3.8, 4) is 67.4 Å². The van der Waals surface area contributed by atoms with Gasteiger partial charge < -0.3 is 4.74 Å². The van der Waals surface area contributed by atoms with Crippen molar-refractivity contribution in [3.05, 3.63) is 170 Å². The van der Waals surface area contributed by atoms with E-state index < -0.39 is 0 Å². The molecule has 0 radical (unpaired) electrons. The Hall–Kier alpha value is -6.58. The zero-order valence-corrected chi connectivity index (χ0v) is 26.5. The number of nitrogens with zero attached hydrogens (tertiary/aromatic N) is 2. The Morgan fingerprint density at radius 2 is 1.02 bits per heavy atom. The van der Waals surface area contributed by atoms with E-state index in [2.05, 4.69) is 127 Å². The highest BCUT2D eigenvalue weighted by molar-refractivity contribution is 6.12. The normalized spacial score (nSPS) is 11.8. The fourth-order valence-electron chi connectivity index (χ4n) is 7.36. The lowest BCUT2D eigenvalue weighted by atomic mass is 9.86. The minimum Gasteiger partial charge on any atom is -0.456 e. The molecule has 10 rings (SSSR count). The van der Waals surface area contributed by atoms with Crippen molar-refractivity contribution >= 4 is 32.6 Å². The zero-order valence-electron chi connectivity index (χ0n) is 26.5. The third-order valence-electron chi connectivity index (χ3n) is 9.64. The molecule has 228 valence electrons. The first-order valence-electron chi connectivity index (χ1n) is 16.6. The first-order valence-corrected chi connectivity index (χ1v) is 16.6. The number of aromatic nitrogens is 2. The molecule has 49 heavy (non-hydrogen) atoms. The van der Waals surface area contributed by atoms with Gasteiger partial charge in [0, 0.05) is 22.1 Å². The van der Waals surface area contributed by atoms with E-state index in [0.717, 1.165) is 78.1 Å². The van der Waals surface area contributed by atoms with E-state index >= 15 is 0 Å². The summed E-state index contributed by atoms with van der Waals surface area (Å²) in [5, 5.41) is 4.74. The van der Waals surface area contributed by atoms with Crippen molar-refractivity contribution in [2.45, 2.75) is 0 Å². The molecule has 0 spiro atoms. The van der Waals surface area contributed by atoms with Crippen LogP contribution in [-0.2, 0) is 0 Å². The molecule has 0 saturated heterocycles. The van der Waals surface area contributed by atoms with Gasteiger partial charge in [0.1, 0.15) is 11.5 Å². The molecule has 0 amide bonds. The standard InChI is InChI=1S/C46H28N2O/c1-2-12-30(13-3-1)45-46(48-40-21-7-6-20-39(40)47-45)34-16-8-15-32(28-34)35-25-26-42-44-37(35)18-9-19-38(44)43-36(17-10-22-41(43)49-42)33-24-23-29-11-4-5-14-31(29)27-33/h1-28H. The van der Waals surface area contributed by atoms with Gasteiger partial charge in [0.2, 0.25) is 0 Å². The van der Waals surface area contributed by atoms with Gasteiger partial charge in [-0.25, -0.2) is 9.97 Å². The highest BCUT2D eigenvalue weighted by Gasteiger charge is 2.25. The monoisotopic (exact) mass is 624 g/mol. The molecule has 8 aromatic carbocycles. The molecule has 3 heteroatoms. The van der Waals surface area contributed by atoms with Gasteiger partial charge in [0.05, 0.1) is 22.4 Å². The van der Waals surface area contributed by atoms with Crippen molar-refractivity contribution in [1.82, 2.24) is 9.97 Å². The Labute approximate surface area is 283 Å². The first kappa shape index (κ1) is 27.5. The van der Waals surface area contributed by atoms with Gasteiger partial charge in [0.25, 0.3) is 0 Å². The van der Waals surface area contributed by atoms with Gasteiger partial charge in [-0.05, 0) is 80.4 Å². The van der Waals surface area contributed by atoms with E-state index in [1.54, 1.807) is 0 Å². The number of rotatable bonds is 4. The summed E-state index contributed by atoms with van der Waals surface area (Å²) in [4.78, 5) is 10.3. The largest absolute Gasteiger partial charge is 0.456 e. The summed E-state index contributed by atoms with van der Waals surface area (Å²) >= 11 is 0. The van der Waals surface area contributed by atoms with Crippen LogP contribution in [0.3, 0.4) is 0 Å². The second-order valence-electron chi connectivity index (χ2n) is 12.5. The van der Waals surface area contributed by atoms with E-state index in [1.165, 1.54) is 21.9 Å².